The van der Waals surface area contributed by atoms with Crippen molar-refractivity contribution in [2.75, 3.05) is 11.9 Å². The minimum Gasteiger partial charge on any atom is -0.323 e. The number of nitrogens with zero attached hydrogens (tertiary/aromatic N) is 2. The molecule has 1 aliphatic heterocycles. The van der Waals surface area contributed by atoms with Crippen molar-refractivity contribution in [3.05, 3.63) is 11.1 Å². The highest BCUT2D eigenvalue weighted by atomic mass is 32.1. The van der Waals surface area contributed by atoms with E-state index in [9.17, 15) is 14.4 Å². The molecule has 2 N–H and O–H groups in total. The Labute approximate surface area is 157 Å². The van der Waals surface area contributed by atoms with Crippen LogP contribution >= 0.6 is 11.3 Å². The molecule has 7 nitrogen and oxygen atoms in total. The number of thiazole rings is 1. The molecule has 2 heterocycles. The number of anilines is 1. The fourth-order valence-electron chi connectivity index (χ4n) is 3.85. The highest BCUT2D eigenvalue weighted by molar-refractivity contribution is 7.15. The van der Waals surface area contributed by atoms with Crippen molar-refractivity contribution in [1.29, 1.82) is 0 Å². The number of rotatable bonds is 3. The van der Waals surface area contributed by atoms with E-state index < -0.39 is 17.5 Å². The van der Waals surface area contributed by atoms with Gasteiger partial charge in [-0.2, -0.15) is 0 Å². The average Bonchev–Trinajstić information content (AvgIpc) is 3.04. The Balaban J connectivity index is 1.63. The number of aryl methyl sites for hydroxylation is 1. The second-order valence-corrected chi connectivity index (χ2v) is 9.60. The molecule has 0 bridgehead atoms. The summed E-state index contributed by atoms with van der Waals surface area (Å²) in [5.41, 5.74) is -0.643. The van der Waals surface area contributed by atoms with E-state index >= 15 is 0 Å². The van der Waals surface area contributed by atoms with Crippen LogP contribution in [0, 0.1) is 18.3 Å². The Morgan fingerprint density at radius 3 is 2.58 bits per heavy atom. The second kappa shape index (κ2) is 6.64. The quantitative estimate of drug-likeness (QED) is 0.791. The largest absolute Gasteiger partial charge is 0.325 e. The van der Waals surface area contributed by atoms with Crippen molar-refractivity contribution >= 4 is 34.3 Å². The number of amides is 4. The SMILES string of the molecule is Cc1cnc(NC(=O)CN2C(=O)NC3(CCC(C(C)(C)C)CC3)C2=O)s1. The molecule has 0 unspecified atom stereocenters. The number of carbonyl (C=O) groups excluding carboxylic acids is 3. The highest BCUT2D eigenvalue weighted by Crippen LogP contribution is 2.43. The van der Waals surface area contributed by atoms with E-state index in [0.29, 0.717) is 23.9 Å². The molecule has 0 aromatic carbocycles. The Bertz CT molecular complexity index is 729. The summed E-state index contributed by atoms with van der Waals surface area (Å²) >= 11 is 1.35. The molecule has 1 aliphatic carbocycles. The zero-order valence-corrected chi connectivity index (χ0v) is 16.5. The second-order valence-electron chi connectivity index (χ2n) is 8.37. The molecular formula is C18H26N4O3S. The molecule has 0 atom stereocenters. The first kappa shape index (κ1) is 18.8. The summed E-state index contributed by atoms with van der Waals surface area (Å²) < 4.78 is 0. The van der Waals surface area contributed by atoms with E-state index in [0.717, 1.165) is 22.6 Å². The molecule has 1 aromatic heterocycles. The maximum Gasteiger partial charge on any atom is 0.325 e. The third-order valence-electron chi connectivity index (χ3n) is 5.48. The Morgan fingerprint density at radius 1 is 1.38 bits per heavy atom. The van der Waals surface area contributed by atoms with Crippen molar-refractivity contribution in [2.24, 2.45) is 11.3 Å². The minimum absolute atomic E-state index is 0.193. The van der Waals surface area contributed by atoms with E-state index in [1.54, 1.807) is 6.20 Å². The van der Waals surface area contributed by atoms with Gasteiger partial charge in [0.05, 0.1) is 0 Å². The maximum atomic E-state index is 12.9. The lowest BCUT2D eigenvalue weighted by Gasteiger charge is -2.40. The zero-order chi connectivity index (χ0) is 19.1. The topological polar surface area (TPSA) is 91.4 Å². The van der Waals surface area contributed by atoms with Crippen molar-refractivity contribution in [2.45, 2.75) is 58.9 Å². The van der Waals surface area contributed by atoms with Gasteiger partial charge in [0, 0.05) is 11.1 Å². The molecule has 1 aromatic rings. The Kier molecular flexibility index (Phi) is 4.81. The maximum absolute atomic E-state index is 12.9. The van der Waals surface area contributed by atoms with E-state index in [1.165, 1.54) is 11.3 Å². The molecule has 4 amide bonds. The third kappa shape index (κ3) is 3.60. The summed E-state index contributed by atoms with van der Waals surface area (Å²) in [6, 6.07) is -0.477. The molecule has 2 aliphatic rings. The number of hydrogen-bond acceptors (Lipinski definition) is 5. The van der Waals surface area contributed by atoms with Gasteiger partial charge in [-0.1, -0.05) is 20.8 Å². The van der Waals surface area contributed by atoms with Crippen LogP contribution in [0.25, 0.3) is 0 Å². The standard InChI is InChI=1S/C18H26N4O3S/c1-11-9-19-15(26-11)20-13(23)10-22-14(24)18(21-16(22)25)7-5-12(6-8-18)17(2,3)4/h9,12H,5-8,10H2,1-4H3,(H,21,25)(H,19,20,23). The van der Waals surface area contributed by atoms with Gasteiger partial charge < -0.3 is 10.6 Å². The van der Waals surface area contributed by atoms with Crippen molar-refractivity contribution in [1.82, 2.24) is 15.2 Å². The van der Waals surface area contributed by atoms with Crippen molar-refractivity contribution < 1.29 is 14.4 Å². The Morgan fingerprint density at radius 2 is 2.04 bits per heavy atom. The molecule has 8 heteroatoms. The van der Waals surface area contributed by atoms with Crippen LogP contribution < -0.4 is 10.6 Å². The normalized spacial score (nSPS) is 26.3. The molecular weight excluding hydrogens is 352 g/mol. The summed E-state index contributed by atoms with van der Waals surface area (Å²) in [6.45, 7) is 8.24. The van der Waals surface area contributed by atoms with E-state index in [1.807, 2.05) is 6.92 Å². The van der Waals surface area contributed by atoms with Crippen LogP contribution in [0.3, 0.4) is 0 Å². The first-order valence-corrected chi connectivity index (χ1v) is 9.79. The lowest BCUT2D eigenvalue weighted by Crippen LogP contribution is -2.50. The van der Waals surface area contributed by atoms with Gasteiger partial charge in [0.1, 0.15) is 12.1 Å². The number of urea groups is 1. The number of hydrogen-bond donors (Lipinski definition) is 2. The smallest absolute Gasteiger partial charge is 0.323 e. The van der Waals surface area contributed by atoms with Crippen LogP contribution in [-0.4, -0.2) is 39.8 Å². The predicted octanol–water partition coefficient (Wildman–Crippen LogP) is 2.92. The van der Waals surface area contributed by atoms with Gasteiger partial charge in [-0.05, 0) is 43.9 Å². The fourth-order valence-corrected chi connectivity index (χ4v) is 4.53. The van der Waals surface area contributed by atoms with Gasteiger partial charge in [-0.15, -0.1) is 11.3 Å². The molecule has 1 saturated heterocycles. The molecule has 1 saturated carbocycles. The van der Waals surface area contributed by atoms with E-state index in [4.69, 9.17) is 0 Å². The molecule has 3 rings (SSSR count). The lowest BCUT2D eigenvalue weighted by molar-refractivity contribution is -0.135. The minimum atomic E-state index is -0.836. The van der Waals surface area contributed by atoms with Crippen LogP contribution in [0.4, 0.5) is 9.93 Å². The summed E-state index contributed by atoms with van der Waals surface area (Å²) in [4.78, 5) is 43.5. The summed E-state index contributed by atoms with van der Waals surface area (Å²) in [6.07, 6.45) is 4.71. The van der Waals surface area contributed by atoms with Crippen LogP contribution in [0.5, 0.6) is 0 Å². The fraction of sp³-hybridized carbons (Fsp3) is 0.667. The number of aromatic nitrogens is 1. The lowest BCUT2D eigenvalue weighted by atomic mass is 9.67. The van der Waals surface area contributed by atoms with Gasteiger partial charge in [0.2, 0.25) is 5.91 Å². The van der Waals surface area contributed by atoms with Crippen molar-refractivity contribution in [3.8, 4) is 0 Å². The summed E-state index contributed by atoms with van der Waals surface area (Å²) in [5.74, 6) is -0.160. The van der Waals surface area contributed by atoms with Crippen molar-refractivity contribution in [3.63, 3.8) is 0 Å². The van der Waals surface area contributed by atoms with Gasteiger partial charge in [0.25, 0.3) is 5.91 Å². The van der Waals surface area contributed by atoms with Crippen LogP contribution in [0.15, 0.2) is 6.20 Å². The van der Waals surface area contributed by atoms with Gasteiger partial charge in [0.15, 0.2) is 5.13 Å². The number of nitrogens with one attached hydrogen (secondary N) is 2. The number of carbonyl (C=O) groups is 3. The van der Waals surface area contributed by atoms with E-state index in [2.05, 4.69) is 36.4 Å². The highest BCUT2D eigenvalue weighted by Gasteiger charge is 2.53. The summed E-state index contributed by atoms with van der Waals surface area (Å²) in [5, 5.41) is 5.97. The molecule has 0 radical (unpaired) electrons. The van der Waals surface area contributed by atoms with E-state index in [-0.39, 0.29) is 17.9 Å². The van der Waals surface area contributed by atoms with Gasteiger partial charge in [-0.3, -0.25) is 14.5 Å². The van der Waals surface area contributed by atoms with Gasteiger partial charge >= 0.3 is 6.03 Å². The average molecular weight is 378 g/mol. The predicted molar refractivity (Wildman–Crippen MR) is 99.9 cm³/mol. The van der Waals surface area contributed by atoms with Gasteiger partial charge in [-0.25, -0.2) is 9.78 Å². The van der Waals surface area contributed by atoms with Crippen LogP contribution in [0.1, 0.15) is 51.3 Å². The van der Waals surface area contributed by atoms with Crippen LogP contribution in [-0.2, 0) is 9.59 Å². The first-order chi connectivity index (χ1) is 12.1. The third-order valence-corrected chi connectivity index (χ3v) is 6.31. The summed E-state index contributed by atoms with van der Waals surface area (Å²) in [7, 11) is 0. The molecule has 142 valence electrons. The Hall–Kier alpha value is -1.96. The molecule has 2 fully saturated rings. The van der Waals surface area contributed by atoms with Crippen LogP contribution in [0.2, 0.25) is 0 Å². The molecule has 1 spiro atoms. The first-order valence-electron chi connectivity index (χ1n) is 8.97. The molecule has 26 heavy (non-hydrogen) atoms. The monoisotopic (exact) mass is 378 g/mol. The zero-order valence-electron chi connectivity index (χ0n) is 15.7. The number of imide groups is 1.